The molecule has 1 aromatic carbocycles. The summed E-state index contributed by atoms with van der Waals surface area (Å²) >= 11 is 1.73. The van der Waals surface area contributed by atoms with Gasteiger partial charge in [-0.1, -0.05) is 0 Å². The maximum absolute atomic E-state index is 5.22. The van der Waals surface area contributed by atoms with Gasteiger partial charge in [-0.2, -0.15) is 0 Å². The number of hydrogen-bond acceptors (Lipinski definition) is 5. The van der Waals surface area contributed by atoms with Crippen molar-refractivity contribution in [3.05, 3.63) is 58.6 Å². The highest BCUT2D eigenvalue weighted by atomic mass is 32.1. The Morgan fingerprint density at radius 2 is 2.00 bits per heavy atom. The lowest BCUT2D eigenvalue weighted by molar-refractivity contribution is 0.321. The molecule has 24 heavy (non-hydrogen) atoms. The number of aryl methyl sites for hydroxylation is 1. The second kappa shape index (κ2) is 7.59. The van der Waals surface area contributed by atoms with Crippen LogP contribution in [0.3, 0.4) is 0 Å². The van der Waals surface area contributed by atoms with Gasteiger partial charge in [0.25, 0.3) is 0 Å². The van der Waals surface area contributed by atoms with Crippen LogP contribution in [0.25, 0.3) is 5.69 Å². The van der Waals surface area contributed by atoms with Gasteiger partial charge >= 0.3 is 0 Å². The monoisotopic (exact) mass is 342 g/mol. The first kappa shape index (κ1) is 16.7. The number of nitrogens with zero attached hydrogens (tertiary/aromatic N) is 4. The summed E-state index contributed by atoms with van der Waals surface area (Å²) in [5.41, 5.74) is 4.16. The Labute approximate surface area is 146 Å². The highest BCUT2D eigenvalue weighted by molar-refractivity contribution is 7.09. The molecule has 6 heteroatoms. The largest absolute Gasteiger partial charge is 0.497 e. The molecule has 0 saturated heterocycles. The molecule has 0 unspecified atom stereocenters. The Morgan fingerprint density at radius 1 is 1.21 bits per heavy atom. The molecule has 3 rings (SSSR count). The zero-order chi connectivity index (χ0) is 16.9. The van der Waals surface area contributed by atoms with Crippen LogP contribution in [0, 0.1) is 6.92 Å². The Morgan fingerprint density at radius 3 is 2.67 bits per heavy atom. The number of ether oxygens (including phenoxy) is 1. The Kier molecular flexibility index (Phi) is 5.27. The molecule has 5 nitrogen and oxygen atoms in total. The van der Waals surface area contributed by atoms with Crippen LogP contribution in [0.1, 0.15) is 16.4 Å². The summed E-state index contributed by atoms with van der Waals surface area (Å²) in [4.78, 5) is 12.5. The summed E-state index contributed by atoms with van der Waals surface area (Å²) in [6, 6.07) is 8.03. The summed E-state index contributed by atoms with van der Waals surface area (Å²) in [5, 5.41) is 0. The maximum atomic E-state index is 5.22. The van der Waals surface area contributed by atoms with Gasteiger partial charge in [0.2, 0.25) is 0 Å². The van der Waals surface area contributed by atoms with Crippen LogP contribution in [0.15, 0.2) is 42.2 Å². The fourth-order valence-corrected chi connectivity index (χ4v) is 3.38. The molecule has 0 saturated carbocycles. The SMILES string of the molecule is COc1ccc(-n2ccnc2CN(C)CCc2scnc2C)cc1. The van der Waals surface area contributed by atoms with E-state index in [4.69, 9.17) is 4.74 Å². The van der Waals surface area contributed by atoms with Crippen molar-refractivity contribution in [1.29, 1.82) is 0 Å². The summed E-state index contributed by atoms with van der Waals surface area (Å²) < 4.78 is 7.34. The molecule has 0 fully saturated rings. The van der Waals surface area contributed by atoms with Crippen molar-refractivity contribution in [3.63, 3.8) is 0 Å². The third-order valence-electron chi connectivity index (χ3n) is 4.04. The van der Waals surface area contributed by atoms with Crippen LogP contribution in [-0.2, 0) is 13.0 Å². The predicted octanol–water partition coefficient (Wildman–Crippen LogP) is 3.32. The molecule has 2 heterocycles. The molecule has 0 spiro atoms. The van der Waals surface area contributed by atoms with Gasteiger partial charge in [-0.15, -0.1) is 11.3 Å². The first-order chi connectivity index (χ1) is 11.7. The molecule has 0 aliphatic rings. The Hall–Kier alpha value is -2.18. The highest BCUT2D eigenvalue weighted by Gasteiger charge is 2.10. The topological polar surface area (TPSA) is 43.2 Å². The van der Waals surface area contributed by atoms with Crippen LogP contribution in [-0.4, -0.2) is 40.1 Å². The molecule has 0 bridgehead atoms. The van der Waals surface area contributed by atoms with E-state index in [1.54, 1.807) is 18.4 Å². The van der Waals surface area contributed by atoms with Gasteiger partial charge < -0.3 is 9.30 Å². The van der Waals surface area contributed by atoms with Crippen molar-refractivity contribution in [1.82, 2.24) is 19.4 Å². The van der Waals surface area contributed by atoms with Crippen LogP contribution < -0.4 is 4.74 Å². The van der Waals surface area contributed by atoms with E-state index in [1.807, 2.05) is 42.2 Å². The molecule has 3 aromatic rings. The van der Waals surface area contributed by atoms with Crippen LogP contribution in [0.4, 0.5) is 0 Å². The second-order valence-electron chi connectivity index (χ2n) is 5.76. The van der Waals surface area contributed by atoms with Gasteiger partial charge in [-0.25, -0.2) is 9.97 Å². The third-order valence-corrected chi connectivity index (χ3v) is 5.04. The molecular weight excluding hydrogens is 320 g/mol. The molecule has 0 radical (unpaired) electrons. The third kappa shape index (κ3) is 3.83. The molecule has 126 valence electrons. The molecular formula is C18H22N4OS. The number of aromatic nitrogens is 3. The number of imidazole rings is 1. The van der Waals surface area contributed by atoms with E-state index >= 15 is 0 Å². The molecule has 0 atom stereocenters. The zero-order valence-corrected chi connectivity index (χ0v) is 15.1. The van der Waals surface area contributed by atoms with Crippen LogP contribution in [0.5, 0.6) is 5.75 Å². The van der Waals surface area contributed by atoms with Gasteiger partial charge in [-0.3, -0.25) is 4.90 Å². The number of benzene rings is 1. The van der Waals surface area contributed by atoms with Crippen molar-refractivity contribution < 1.29 is 4.74 Å². The molecule has 0 aliphatic heterocycles. The van der Waals surface area contributed by atoms with Gasteiger partial charge in [-0.05, 0) is 44.7 Å². The van der Waals surface area contributed by atoms with Crippen molar-refractivity contribution in [2.24, 2.45) is 0 Å². The van der Waals surface area contributed by atoms with E-state index < -0.39 is 0 Å². The van der Waals surface area contributed by atoms with E-state index in [-0.39, 0.29) is 0 Å². The lowest BCUT2D eigenvalue weighted by Gasteiger charge is -2.17. The average molecular weight is 342 g/mol. The lowest BCUT2D eigenvalue weighted by Crippen LogP contribution is -2.22. The van der Waals surface area contributed by atoms with Gasteiger partial charge in [0.15, 0.2) is 0 Å². The highest BCUT2D eigenvalue weighted by Crippen LogP contribution is 2.17. The normalized spacial score (nSPS) is 11.2. The fourth-order valence-electron chi connectivity index (χ4n) is 2.61. The maximum Gasteiger partial charge on any atom is 0.127 e. The minimum Gasteiger partial charge on any atom is -0.497 e. The van der Waals surface area contributed by atoms with Gasteiger partial charge in [0.1, 0.15) is 11.6 Å². The van der Waals surface area contributed by atoms with Gasteiger partial charge in [0.05, 0.1) is 24.9 Å². The minimum absolute atomic E-state index is 0.802. The average Bonchev–Trinajstić information content (AvgIpc) is 3.22. The van der Waals surface area contributed by atoms with E-state index in [2.05, 4.69) is 33.4 Å². The smallest absolute Gasteiger partial charge is 0.127 e. The van der Waals surface area contributed by atoms with E-state index in [9.17, 15) is 0 Å². The standard InChI is InChI=1S/C18H22N4OS/c1-14-17(24-13-20-14)8-10-21(2)12-18-19-9-11-22(18)15-4-6-16(23-3)7-5-15/h4-7,9,11,13H,8,10,12H2,1-3H3. The zero-order valence-electron chi connectivity index (χ0n) is 14.3. The summed E-state index contributed by atoms with van der Waals surface area (Å²) in [7, 11) is 3.81. The quantitative estimate of drug-likeness (QED) is 0.661. The Bertz CT molecular complexity index is 778. The number of hydrogen-bond donors (Lipinski definition) is 0. The fraction of sp³-hybridized carbons (Fsp3) is 0.333. The van der Waals surface area contributed by atoms with Crippen LogP contribution >= 0.6 is 11.3 Å². The van der Waals surface area contributed by atoms with Crippen molar-refractivity contribution in [2.75, 3.05) is 20.7 Å². The molecule has 0 aliphatic carbocycles. The van der Waals surface area contributed by atoms with Crippen molar-refractivity contribution >= 4 is 11.3 Å². The first-order valence-corrected chi connectivity index (χ1v) is 8.79. The van der Waals surface area contributed by atoms with Crippen molar-refractivity contribution in [2.45, 2.75) is 19.9 Å². The summed E-state index contributed by atoms with van der Waals surface area (Å²) in [6.07, 6.45) is 4.87. The van der Waals surface area contributed by atoms with Crippen LogP contribution in [0.2, 0.25) is 0 Å². The van der Waals surface area contributed by atoms with E-state index in [0.29, 0.717) is 0 Å². The number of methoxy groups -OCH3 is 1. The Balaban J connectivity index is 1.65. The van der Waals surface area contributed by atoms with Crippen molar-refractivity contribution in [3.8, 4) is 11.4 Å². The molecule has 0 N–H and O–H groups in total. The summed E-state index contributed by atoms with van der Waals surface area (Å²) in [5.74, 6) is 1.89. The molecule has 0 amide bonds. The summed E-state index contributed by atoms with van der Waals surface area (Å²) in [6.45, 7) is 3.86. The molecule has 2 aromatic heterocycles. The lowest BCUT2D eigenvalue weighted by atomic mass is 10.3. The number of rotatable bonds is 7. The van der Waals surface area contributed by atoms with Gasteiger partial charge in [0, 0.05) is 29.5 Å². The first-order valence-electron chi connectivity index (χ1n) is 7.91. The number of likely N-dealkylation sites (N-methyl/N-ethyl adjacent to an activating group) is 1. The predicted molar refractivity (Wildman–Crippen MR) is 97.0 cm³/mol. The number of thiazole rings is 1. The minimum atomic E-state index is 0.802. The second-order valence-corrected chi connectivity index (χ2v) is 6.70. The van der Waals surface area contributed by atoms with E-state index in [0.717, 1.165) is 42.5 Å². The van der Waals surface area contributed by atoms with E-state index in [1.165, 1.54) is 4.88 Å².